The molecule has 2 N–H and O–H groups in total. The lowest BCUT2D eigenvalue weighted by Gasteiger charge is -2.23. The van der Waals surface area contributed by atoms with Crippen LogP contribution < -0.4 is 14.8 Å². The molecule has 198 valence electrons. The van der Waals surface area contributed by atoms with E-state index in [0.29, 0.717) is 17.9 Å². The number of carbonyl (C=O) groups excluding carboxylic acids is 1. The molecule has 2 aromatic rings. The molecule has 0 radical (unpaired) electrons. The number of carboxylic acids is 1. The summed E-state index contributed by atoms with van der Waals surface area (Å²) in [6, 6.07) is 14.9. The van der Waals surface area contributed by atoms with E-state index in [1.54, 1.807) is 43.3 Å². The molecule has 1 unspecified atom stereocenters. The van der Waals surface area contributed by atoms with Crippen LogP contribution in [0.15, 0.2) is 54.6 Å². The predicted molar refractivity (Wildman–Crippen MR) is 126 cm³/mol. The summed E-state index contributed by atoms with van der Waals surface area (Å²) in [5.41, 5.74) is 0.745. The summed E-state index contributed by atoms with van der Waals surface area (Å²) in [5, 5.41) is 11.1. The zero-order chi connectivity index (χ0) is 26.4. The van der Waals surface area contributed by atoms with Gasteiger partial charge in [-0.25, -0.2) is 9.59 Å². The SMILES string of the molecule is CCOC(Cc1ccc(OCCN(CCCOc2ccccc2)C(=O)NCC(F)(F)F)cc1)C(=O)O. The Balaban J connectivity index is 1.86. The summed E-state index contributed by atoms with van der Waals surface area (Å²) < 4.78 is 54.0. The van der Waals surface area contributed by atoms with Crippen molar-refractivity contribution in [2.75, 3.05) is 39.5 Å². The van der Waals surface area contributed by atoms with Gasteiger partial charge in [-0.1, -0.05) is 30.3 Å². The minimum atomic E-state index is -4.52. The molecule has 11 heteroatoms. The Labute approximate surface area is 207 Å². The molecular formula is C25H31F3N2O6. The maximum Gasteiger partial charge on any atom is 0.405 e. The average molecular weight is 513 g/mol. The number of aliphatic carboxylic acids is 1. The first-order chi connectivity index (χ1) is 17.2. The van der Waals surface area contributed by atoms with E-state index in [1.165, 1.54) is 4.90 Å². The van der Waals surface area contributed by atoms with E-state index in [-0.39, 0.29) is 39.3 Å². The number of amides is 2. The number of para-hydroxylation sites is 1. The lowest BCUT2D eigenvalue weighted by atomic mass is 10.1. The van der Waals surface area contributed by atoms with Gasteiger partial charge in [0.15, 0.2) is 6.10 Å². The van der Waals surface area contributed by atoms with Crippen molar-refractivity contribution in [1.82, 2.24) is 10.2 Å². The third kappa shape index (κ3) is 11.3. The number of urea groups is 1. The molecule has 0 aliphatic rings. The number of carbonyl (C=O) groups is 2. The third-order valence-corrected chi connectivity index (χ3v) is 4.93. The Bertz CT molecular complexity index is 926. The minimum absolute atomic E-state index is 0.0506. The van der Waals surface area contributed by atoms with E-state index in [9.17, 15) is 27.9 Å². The average Bonchev–Trinajstić information content (AvgIpc) is 2.84. The van der Waals surface area contributed by atoms with Gasteiger partial charge in [0.05, 0.1) is 13.2 Å². The first kappa shape index (κ1) is 28.8. The summed E-state index contributed by atoms with van der Waals surface area (Å²) in [6.07, 6.45) is -4.86. The molecule has 0 aromatic heterocycles. The van der Waals surface area contributed by atoms with Crippen molar-refractivity contribution in [3.63, 3.8) is 0 Å². The number of nitrogens with zero attached hydrogens (tertiary/aromatic N) is 1. The molecule has 2 amide bonds. The molecule has 1 atom stereocenters. The Morgan fingerprint density at radius 3 is 2.22 bits per heavy atom. The number of alkyl halides is 3. The van der Waals surface area contributed by atoms with E-state index in [2.05, 4.69) is 0 Å². The van der Waals surface area contributed by atoms with Gasteiger partial charge in [0.25, 0.3) is 0 Å². The highest BCUT2D eigenvalue weighted by Gasteiger charge is 2.28. The molecule has 0 aliphatic heterocycles. The zero-order valence-corrected chi connectivity index (χ0v) is 20.0. The largest absolute Gasteiger partial charge is 0.494 e. The van der Waals surface area contributed by atoms with E-state index in [1.807, 2.05) is 23.5 Å². The number of rotatable bonds is 15. The molecule has 36 heavy (non-hydrogen) atoms. The van der Waals surface area contributed by atoms with Crippen molar-refractivity contribution in [3.8, 4) is 11.5 Å². The Kier molecular flexibility index (Phi) is 11.8. The molecular weight excluding hydrogens is 481 g/mol. The second kappa shape index (κ2) is 14.8. The second-order valence-corrected chi connectivity index (χ2v) is 7.75. The number of halogens is 3. The Hall–Kier alpha value is -3.47. The second-order valence-electron chi connectivity index (χ2n) is 7.75. The van der Waals surface area contributed by atoms with Crippen LogP contribution in [0.4, 0.5) is 18.0 Å². The highest BCUT2D eigenvalue weighted by molar-refractivity contribution is 5.74. The summed E-state index contributed by atoms with van der Waals surface area (Å²) >= 11 is 0. The van der Waals surface area contributed by atoms with E-state index in [4.69, 9.17) is 14.2 Å². The van der Waals surface area contributed by atoms with Crippen LogP contribution in [-0.4, -0.2) is 73.7 Å². The van der Waals surface area contributed by atoms with E-state index < -0.39 is 30.8 Å². The molecule has 0 aliphatic carbocycles. The summed E-state index contributed by atoms with van der Waals surface area (Å²) in [4.78, 5) is 24.8. The van der Waals surface area contributed by atoms with Gasteiger partial charge in [0.2, 0.25) is 0 Å². The first-order valence-electron chi connectivity index (χ1n) is 11.5. The standard InChI is InChI=1S/C25H31F3N2O6/c1-2-34-22(23(31)32)17-19-9-11-21(12-10-19)36-16-14-30(24(33)29-18-25(26,27)28)13-6-15-35-20-7-4-3-5-8-20/h3-5,7-12,22H,2,6,13-18H2,1H3,(H,29,33)(H,31,32). The van der Waals surface area contributed by atoms with Crippen LogP contribution in [0.1, 0.15) is 18.9 Å². The normalized spacial score (nSPS) is 12.0. The predicted octanol–water partition coefficient (Wildman–Crippen LogP) is 4.14. The minimum Gasteiger partial charge on any atom is -0.494 e. The molecule has 2 aromatic carbocycles. The molecule has 0 saturated heterocycles. The molecule has 0 bridgehead atoms. The van der Waals surface area contributed by atoms with Crippen LogP contribution >= 0.6 is 0 Å². The molecule has 8 nitrogen and oxygen atoms in total. The number of hydrogen-bond acceptors (Lipinski definition) is 5. The molecule has 0 heterocycles. The lowest BCUT2D eigenvalue weighted by molar-refractivity contribution is -0.150. The number of benzene rings is 2. The van der Waals surface area contributed by atoms with Crippen molar-refractivity contribution in [2.24, 2.45) is 0 Å². The van der Waals surface area contributed by atoms with Gasteiger partial charge in [0.1, 0.15) is 24.7 Å². The van der Waals surface area contributed by atoms with Gasteiger partial charge >= 0.3 is 18.2 Å². The maximum absolute atomic E-state index is 12.5. The fourth-order valence-corrected chi connectivity index (χ4v) is 3.19. The van der Waals surface area contributed by atoms with Crippen molar-refractivity contribution in [2.45, 2.75) is 32.0 Å². The lowest BCUT2D eigenvalue weighted by Crippen LogP contribution is -2.45. The zero-order valence-electron chi connectivity index (χ0n) is 20.0. The van der Waals surface area contributed by atoms with Crippen molar-refractivity contribution >= 4 is 12.0 Å². The molecule has 0 spiro atoms. The van der Waals surface area contributed by atoms with Gasteiger partial charge < -0.3 is 29.5 Å². The van der Waals surface area contributed by atoms with Gasteiger partial charge in [-0.3, -0.25) is 0 Å². The highest BCUT2D eigenvalue weighted by Crippen LogP contribution is 2.15. The van der Waals surface area contributed by atoms with Gasteiger partial charge in [-0.05, 0) is 43.2 Å². The monoisotopic (exact) mass is 512 g/mol. The Morgan fingerprint density at radius 2 is 1.61 bits per heavy atom. The van der Waals surface area contributed by atoms with Crippen LogP contribution in [0.3, 0.4) is 0 Å². The smallest absolute Gasteiger partial charge is 0.405 e. The topological polar surface area (TPSA) is 97.3 Å². The van der Waals surface area contributed by atoms with Crippen LogP contribution in [0, 0.1) is 0 Å². The quantitative estimate of drug-likeness (QED) is 0.348. The molecule has 2 rings (SSSR count). The molecule has 0 fully saturated rings. The van der Waals surface area contributed by atoms with Crippen molar-refractivity contribution in [3.05, 3.63) is 60.2 Å². The fraction of sp³-hybridized carbons (Fsp3) is 0.440. The van der Waals surface area contributed by atoms with Crippen LogP contribution in [0.25, 0.3) is 0 Å². The maximum atomic E-state index is 12.5. The number of carboxylic acid groups (broad SMARTS) is 1. The van der Waals surface area contributed by atoms with Crippen LogP contribution in [0.2, 0.25) is 0 Å². The third-order valence-electron chi connectivity index (χ3n) is 4.93. The summed E-state index contributed by atoms with van der Waals surface area (Å²) in [6.45, 7) is 1.14. The number of ether oxygens (including phenoxy) is 3. The summed E-state index contributed by atoms with van der Waals surface area (Å²) in [7, 11) is 0. The number of nitrogens with one attached hydrogen (secondary N) is 1. The highest BCUT2D eigenvalue weighted by atomic mass is 19.4. The van der Waals surface area contributed by atoms with Crippen molar-refractivity contribution in [1.29, 1.82) is 0 Å². The fourth-order valence-electron chi connectivity index (χ4n) is 3.19. The summed E-state index contributed by atoms with van der Waals surface area (Å²) in [5.74, 6) is 0.0913. The first-order valence-corrected chi connectivity index (χ1v) is 11.5. The van der Waals surface area contributed by atoms with Crippen molar-refractivity contribution < 1.29 is 42.1 Å². The Morgan fingerprint density at radius 1 is 0.972 bits per heavy atom. The van der Waals surface area contributed by atoms with Gasteiger partial charge in [-0.2, -0.15) is 13.2 Å². The van der Waals surface area contributed by atoms with E-state index >= 15 is 0 Å². The number of hydrogen-bond donors (Lipinski definition) is 2. The van der Waals surface area contributed by atoms with E-state index in [0.717, 1.165) is 5.56 Å². The van der Waals surface area contributed by atoms with Gasteiger partial charge in [0, 0.05) is 19.6 Å². The van der Waals surface area contributed by atoms with Gasteiger partial charge in [-0.15, -0.1) is 0 Å². The van der Waals surface area contributed by atoms with Crippen LogP contribution in [-0.2, 0) is 16.0 Å². The molecule has 0 saturated carbocycles. The van der Waals surface area contributed by atoms with Crippen LogP contribution in [0.5, 0.6) is 11.5 Å².